The third-order valence-corrected chi connectivity index (χ3v) is 6.42. The summed E-state index contributed by atoms with van der Waals surface area (Å²) in [6.45, 7) is 0. The van der Waals surface area contributed by atoms with Crippen LogP contribution in [-0.4, -0.2) is 29.5 Å². The van der Waals surface area contributed by atoms with E-state index in [1.165, 1.54) is 25.7 Å². The Bertz CT molecular complexity index is 1300. The molecule has 0 unspecified atom stereocenters. The van der Waals surface area contributed by atoms with E-state index in [0.29, 0.717) is 22.7 Å². The number of anilines is 1. The van der Waals surface area contributed by atoms with Crippen LogP contribution >= 0.6 is 0 Å². The average molecular weight is 401 g/mol. The normalized spacial score (nSPS) is 16.6. The molecule has 4 aromatic heterocycles. The highest BCUT2D eigenvalue weighted by molar-refractivity contribution is 5.97. The van der Waals surface area contributed by atoms with Crippen LogP contribution in [0, 0.1) is 11.8 Å². The first-order chi connectivity index (χ1) is 14.6. The van der Waals surface area contributed by atoms with Gasteiger partial charge >= 0.3 is 0 Å². The number of nitrogens with two attached hydrogens (primary N) is 1. The SMILES string of the molecule is Cn1nc(-c2cn(C(C3CC3)C3CC3)c(=O)c3c(N)n[nH]c23)cc1-c1cccnc1. The van der Waals surface area contributed by atoms with Crippen LogP contribution in [0.1, 0.15) is 31.7 Å². The minimum atomic E-state index is -0.0489. The number of fused-ring (bicyclic) bond motifs is 1. The summed E-state index contributed by atoms with van der Waals surface area (Å²) in [7, 11) is 1.91. The lowest BCUT2D eigenvalue weighted by Crippen LogP contribution is -2.27. The van der Waals surface area contributed by atoms with Gasteiger partial charge in [-0.25, -0.2) is 0 Å². The van der Waals surface area contributed by atoms with Crippen molar-refractivity contribution in [1.82, 2.24) is 29.5 Å². The summed E-state index contributed by atoms with van der Waals surface area (Å²) in [5.74, 6) is 1.42. The molecule has 3 N–H and O–H groups in total. The van der Waals surface area contributed by atoms with E-state index in [9.17, 15) is 4.79 Å². The lowest BCUT2D eigenvalue weighted by Gasteiger charge is -2.20. The predicted octanol–water partition coefficient (Wildman–Crippen LogP) is 3.13. The molecule has 8 heteroatoms. The molecule has 0 aliphatic heterocycles. The number of rotatable bonds is 5. The summed E-state index contributed by atoms with van der Waals surface area (Å²) in [6, 6.07) is 6.19. The minimum Gasteiger partial charge on any atom is -0.382 e. The Morgan fingerprint density at radius 2 is 2.00 bits per heavy atom. The van der Waals surface area contributed by atoms with Crippen LogP contribution in [0.25, 0.3) is 33.4 Å². The van der Waals surface area contributed by atoms with Gasteiger partial charge in [-0.2, -0.15) is 10.2 Å². The molecule has 6 rings (SSSR count). The third-order valence-electron chi connectivity index (χ3n) is 6.42. The molecule has 0 amide bonds. The number of aromatic nitrogens is 6. The molecule has 152 valence electrons. The summed E-state index contributed by atoms with van der Waals surface area (Å²) in [5.41, 5.74) is 10.3. The lowest BCUT2D eigenvalue weighted by atomic mass is 10.0. The van der Waals surface area contributed by atoms with Crippen molar-refractivity contribution >= 4 is 16.7 Å². The van der Waals surface area contributed by atoms with Gasteiger partial charge in [0.2, 0.25) is 0 Å². The molecule has 30 heavy (non-hydrogen) atoms. The van der Waals surface area contributed by atoms with Gasteiger partial charge in [-0.05, 0) is 55.7 Å². The van der Waals surface area contributed by atoms with Gasteiger partial charge in [0.25, 0.3) is 5.56 Å². The summed E-state index contributed by atoms with van der Waals surface area (Å²) in [6.07, 6.45) is 10.3. The van der Waals surface area contributed by atoms with Crippen LogP contribution in [0.3, 0.4) is 0 Å². The number of hydrogen-bond donors (Lipinski definition) is 2. The fourth-order valence-corrected chi connectivity index (χ4v) is 4.67. The molecule has 0 saturated heterocycles. The maximum atomic E-state index is 13.4. The Labute approximate surface area is 172 Å². The predicted molar refractivity (Wildman–Crippen MR) is 115 cm³/mol. The molecule has 4 aromatic rings. The van der Waals surface area contributed by atoms with E-state index < -0.39 is 0 Å². The molecule has 0 radical (unpaired) electrons. The molecular formula is C22H23N7O. The molecule has 2 aliphatic carbocycles. The molecule has 2 saturated carbocycles. The zero-order valence-corrected chi connectivity index (χ0v) is 16.7. The standard InChI is InChI=1S/C22H23N7O/c1-28-17(14-3-2-8-24-10-14)9-16(27-28)15-11-29(20(12-4-5-12)13-6-7-13)22(30)18-19(15)25-26-21(18)23/h2-3,8-13,20H,4-7H2,1H3,(H3,23,25,26). The highest BCUT2D eigenvalue weighted by Crippen LogP contribution is 2.52. The Morgan fingerprint density at radius 1 is 1.23 bits per heavy atom. The maximum Gasteiger partial charge on any atom is 0.264 e. The monoisotopic (exact) mass is 401 g/mol. The van der Waals surface area contributed by atoms with E-state index in [1.54, 1.807) is 6.20 Å². The van der Waals surface area contributed by atoms with Crippen molar-refractivity contribution in [2.24, 2.45) is 18.9 Å². The molecule has 0 spiro atoms. The number of aromatic amines is 1. The molecule has 0 bridgehead atoms. The first-order valence-electron chi connectivity index (χ1n) is 10.5. The zero-order chi connectivity index (χ0) is 20.4. The van der Waals surface area contributed by atoms with Gasteiger partial charge in [0, 0.05) is 42.8 Å². The fourth-order valence-electron chi connectivity index (χ4n) is 4.67. The van der Waals surface area contributed by atoms with Crippen molar-refractivity contribution in [3.05, 3.63) is 47.1 Å². The second kappa shape index (κ2) is 6.29. The van der Waals surface area contributed by atoms with Crippen molar-refractivity contribution in [2.75, 3.05) is 5.73 Å². The highest BCUT2D eigenvalue weighted by Gasteiger charge is 2.43. The van der Waals surface area contributed by atoms with E-state index in [1.807, 2.05) is 46.9 Å². The Kier molecular flexibility index (Phi) is 3.65. The Morgan fingerprint density at radius 3 is 2.67 bits per heavy atom. The number of hydrogen-bond acceptors (Lipinski definition) is 5. The van der Waals surface area contributed by atoms with Gasteiger partial charge in [0.1, 0.15) is 5.39 Å². The van der Waals surface area contributed by atoms with Crippen LogP contribution in [-0.2, 0) is 7.05 Å². The van der Waals surface area contributed by atoms with E-state index in [2.05, 4.69) is 15.2 Å². The maximum absolute atomic E-state index is 13.4. The zero-order valence-electron chi connectivity index (χ0n) is 16.7. The number of pyridine rings is 2. The molecule has 0 atom stereocenters. The van der Waals surface area contributed by atoms with Gasteiger partial charge in [-0.3, -0.25) is 19.6 Å². The van der Waals surface area contributed by atoms with Gasteiger partial charge in [-0.15, -0.1) is 0 Å². The smallest absolute Gasteiger partial charge is 0.264 e. The molecule has 2 fully saturated rings. The van der Waals surface area contributed by atoms with Gasteiger partial charge in [0.15, 0.2) is 5.82 Å². The number of nitrogens with one attached hydrogen (secondary N) is 1. The van der Waals surface area contributed by atoms with E-state index in [-0.39, 0.29) is 17.4 Å². The van der Waals surface area contributed by atoms with Crippen molar-refractivity contribution in [3.8, 4) is 22.5 Å². The van der Waals surface area contributed by atoms with Crippen molar-refractivity contribution in [1.29, 1.82) is 0 Å². The van der Waals surface area contributed by atoms with Crippen LogP contribution in [0.4, 0.5) is 5.82 Å². The number of nitrogen functional groups attached to an aromatic ring is 1. The lowest BCUT2D eigenvalue weighted by molar-refractivity contribution is 0.386. The topological polar surface area (TPSA) is 107 Å². The van der Waals surface area contributed by atoms with Gasteiger partial charge in [0.05, 0.1) is 16.9 Å². The van der Waals surface area contributed by atoms with Crippen molar-refractivity contribution in [3.63, 3.8) is 0 Å². The average Bonchev–Trinajstić information content (AvgIpc) is 3.68. The quantitative estimate of drug-likeness (QED) is 0.534. The van der Waals surface area contributed by atoms with Crippen LogP contribution in [0.15, 0.2) is 41.6 Å². The van der Waals surface area contributed by atoms with Crippen molar-refractivity contribution < 1.29 is 0 Å². The molecule has 8 nitrogen and oxygen atoms in total. The number of H-pyrrole nitrogens is 1. The summed E-state index contributed by atoms with van der Waals surface area (Å²) < 4.78 is 3.77. The minimum absolute atomic E-state index is 0.0489. The second-order valence-corrected chi connectivity index (χ2v) is 8.56. The first-order valence-corrected chi connectivity index (χ1v) is 10.5. The van der Waals surface area contributed by atoms with Gasteiger partial charge in [-0.1, -0.05) is 0 Å². The molecule has 0 aromatic carbocycles. The van der Waals surface area contributed by atoms with E-state index in [0.717, 1.165) is 22.5 Å². The highest BCUT2D eigenvalue weighted by atomic mass is 16.1. The largest absolute Gasteiger partial charge is 0.382 e. The van der Waals surface area contributed by atoms with E-state index in [4.69, 9.17) is 10.8 Å². The molecular weight excluding hydrogens is 378 g/mol. The van der Waals surface area contributed by atoms with E-state index >= 15 is 0 Å². The van der Waals surface area contributed by atoms with Crippen LogP contribution < -0.4 is 11.3 Å². The first kappa shape index (κ1) is 17.4. The summed E-state index contributed by atoms with van der Waals surface area (Å²) >= 11 is 0. The molecule has 4 heterocycles. The van der Waals surface area contributed by atoms with Crippen molar-refractivity contribution in [2.45, 2.75) is 31.7 Å². The molecule has 2 aliphatic rings. The number of nitrogens with zero attached hydrogens (tertiary/aromatic N) is 5. The van der Waals surface area contributed by atoms with Crippen LogP contribution in [0.5, 0.6) is 0 Å². The summed E-state index contributed by atoms with van der Waals surface area (Å²) in [5, 5.41) is 12.3. The third kappa shape index (κ3) is 2.67. The second-order valence-electron chi connectivity index (χ2n) is 8.56. The summed E-state index contributed by atoms with van der Waals surface area (Å²) in [4.78, 5) is 17.6. The van der Waals surface area contributed by atoms with Gasteiger partial charge < -0.3 is 10.3 Å². The Balaban J connectivity index is 1.57. The number of aryl methyl sites for hydroxylation is 1. The fraction of sp³-hybridized carbons (Fsp3) is 0.364. The Hall–Kier alpha value is -3.42. The van der Waals surface area contributed by atoms with Crippen LogP contribution in [0.2, 0.25) is 0 Å².